The highest BCUT2D eigenvalue weighted by Crippen LogP contribution is 2.42. The van der Waals surface area contributed by atoms with Crippen molar-refractivity contribution in [2.75, 3.05) is 6.26 Å². The second-order valence-corrected chi connectivity index (χ2v) is 16.0. The van der Waals surface area contributed by atoms with Gasteiger partial charge in [0.1, 0.15) is 0 Å². The Morgan fingerprint density at radius 2 is 1.44 bits per heavy atom. The molecule has 0 unspecified atom stereocenters. The zero-order valence-electron chi connectivity index (χ0n) is 27.6. The third kappa shape index (κ3) is 8.26. The highest BCUT2D eigenvalue weighted by atomic mass is 32.2. The van der Waals surface area contributed by atoms with Crippen LogP contribution in [0.15, 0.2) is 59.6 Å². The van der Waals surface area contributed by atoms with Gasteiger partial charge in [-0.2, -0.15) is 0 Å². The van der Waals surface area contributed by atoms with E-state index in [1.54, 1.807) is 5.57 Å². The highest BCUT2D eigenvalue weighted by Gasteiger charge is 2.29. The van der Waals surface area contributed by atoms with Crippen LogP contribution in [0.1, 0.15) is 119 Å². The van der Waals surface area contributed by atoms with E-state index < -0.39 is 0 Å². The van der Waals surface area contributed by atoms with Crippen LogP contribution in [-0.2, 0) is 11.8 Å². The third-order valence-corrected chi connectivity index (χ3v) is 9.59. The molecule has 0 bridgehead atoms. The van der Waals surface area contributed by atoms with Crippen LogP contribution in [0.4, 0.5) is 0 Å². The maximum Gasteiger partial charge on any atom is -0.00732 e. The number of thioether (sulfide) groups is 1. The Morgan fingerprint density at radius 1 is 0.821 bits per heavy atom. The summed E-state index contributed by atoms with van der Waals surface area (Å²) < 4.78 is 0. The minimum atomic E-state index is 0.140. The summed E-state index contributed by atoms with van der Waals surface area (Å²) in [6, 6.07) is 9.52. The summed E-state index contributed by atoms with van der Waals surface area (Å²) in [6.45, 7) is 33.3. The van der Waals surface area contributed by atoms with Crippen LogP contribution in [0, 0.1) is 16.2 Å². The van der Waals surface area contributed by atoms with Gasteiger partial charge in [0, 0.05) is 0 Å². The van der Waals surface area contributed by atoms with Gasteiger partial charge in [-0.1, -0.05) is 124 Å². The van der Waals surface area contributed by atoms with Gasteiger partial charge in [0.05, 0.1) is 0 Å². The Morgan fingerprint density at radius 3 is 1.90 bits per heavy atom. The highest BCUT2D eigenvalue weighted by molar-refractivity contribution is 8.02. The number of rotatable bonds is 4. The predicted octanol–water partition coefficient (Wildman–Crippen LogP) is 12.4. The molecule has 0 aliphatic heterocycles. The molecule has 0 saturated heterocycles. The lowest BCUT2D eigenvalue weighted by Crippen LogP contribution is -2.26. The monoisotopic (exact) mass is 544 g/mol. The Labute approximate surface area is 246 Å². The summed E-state index contributed by atoms with van der Waals surface area (Å²) in [5.41, 5.74) is 9.58. The van der Waals surface area contributed by atoms with E-state index in [0.29, 0.717) is 5.41 Å². The number of hydrogen-bond acceptors (Lipinski definition) is 1. The molecule has 0 radical (unpaired) electrons. The molecule has 0 saturated carbocycles. The number of aryl methyl sites for hydroxylation is 1. The van der Waals surface area contributed by atoms with Crippen LogP contribution in [0.5, 0.6) is 0 Å². The standard InChI is InChI=1S/C29H38S.C9H18/c1-19(10-11-20(2)30-9)27-25-17-23(28(3,4)5)14-12-21(25)16-22-13-15-24(18-26(22)27)29(6,7)8;1-7-9(5,6)8(2,3)4/h10-12,14,16-18H,13,15H2,1-9H3;7H,1H2,2-6H3/b19-10+,20-11+;. The molecule has 0 heterocycles. The molecule has 0 aromatic heterocycles. The van der Waals surface area contributed by atoms with Crippen LogP contribution in [-0.4, -0.2) is 6.26 Å². The molecule has 0 nitrogen and oxygen atoms in total. The first-order valence-corrected chi connectivity index (χ1v) is 15.8. The second-order valence-electron chi connectivity index (χ2n) is 14.9. The van der Waals surface area contributed by atoms with Crippen LogP contribution in [0.25, 0.3) is 22.4 Å². The molecule has 3 rings (SSSR count). The molecule has 0 atom stereocenters. The fourth-order valence-electron chi connectivity index (χ4n) is 4.54. The van der Waals surface area contributed by atoms with Gasteiger partial charge in [-0.3, -0.25) is 0 Å². The van der Waals surface area contributed by atoms with E-state index in [9.17, 15) is 0 Å². The van der Waals surface area contributed by atoms with Crippen molar-refractivity contribution in [1.82, 2.24) is 0 Å². The van der Waals surface area contributed by atoms with Gasteiger partial charge >= 0.3 is 0 Å². The molecule has 2 aromatic carbocycles. The van der Waals surface area contributed by atoms with E-state index in [2.05, 4.69) is 145 Å². The van der Waals surface area contributed by atoms with Crippen molar-refractivity contribution < 1.29 is 0 Å². The largest absolute Gasteiger partial charge is 0.134 e. The van der Waals surface area contributed by atoms with Gasteiger partial charge in [-0.25, -0.2) is 0 Å². The van der Waals surface area contributed by atoms with Crippen molar-refractivity contribution in [3.8, 4) is 0 Å². The zero-order valence-corrected chi connectivity index (χ0v) is 28.5. The predicted molar refractivity (Wildman–Crippen MR) is 183 cm³/mol. The minimum absolute atomic E-state index is 0.140. The van der Waals surface area contributed by atoms with E-state index in [1.165, 1.54) is 43.5 Å². The van der Waals surface area contributed by atoms with Crippen LogP contribution in [0.3, 0.4) is 0 Å². The van der Waals surface area contributed by atoms with Gasteiger partial charge < -0.3 is 0 Å². The lowest BCUT2D eigenvalue weighted by molar-refractivity contribution is 0.193. The molecule has 1 aliphatic carbocycles. The lowest BCUT2D eigenvalue weighted by Gasteiger charge is -2.35. The molecule has 0 N–H and O–H groups in total. The van der Waals surface area contributed by atoms with E-state index in [4.69, 9.17) is 0 Å². The zero-order chi connectivity index (χ0) is 30.0. The first-order chi connectivity index (χ1) is 17.7. The molecular weight excluding hydrogens is 488 g/mol. The summed E-state index contributed by atoms with van der Waals surface area (Å²) in [5.74, 6) is 0. The summed E-state index contributed by atoms with van der Waals surface area (Å²) in [7, 11) is 0. The smallest absolute Gasteiger partial charge is 0.00732 e. The molecule has 2 aromatic rings. The van der Waals surface area contributed by atoms with Crippen LogP contribution < -0.4 is 0 Å². The van der Waals surface area contributed by atoms with Crippen LogP contribution in [0.2, 0.25) is 0 Å². The average Bonchev–Trinajstić information content (AvgIpc) is 2.83. The average molecular weight is 545 g/mol. The quantitative estimate of drug-likeness (QED) is 0.272. The van der Waals surface area contributed by atoms with E-state index in [1.807, 2.05) is 17.8 Å². The van der Waals surface area contributed by atoms with Crippen molar-refractivity contribution >= 4 is 34.2 Å². The summed E-state index contributed by atoms with van der Waals surface area (Å²) in [6.07, 6.45) is 13.5. The molecule has 1 heteroatoms. The van der Waals surface area contributed by atoms with E-state index in [0.717, 1.165) is 12.8 Å². The number of fused-ring (bicyclic) bond motifs is 2. The molecule has 214 valence electrons. The fourth-order valence-corrected chi connectivity index (χ4v) is 4.74. The summed E-state index contributed by atoms with van der Waals surface area (Å²) >= 11 is 1.81. The Hall–Kier alpha value is -1.99. The summed E-state index contributed by atoms with van der Waals surface area (Å²) in [5, 5.41) is 2.75. The molecule has 0 fully saturated rings. The van der Waals surface area contributed by atoms with E-state index in [-0.39, 0.29) is 16.2 Å². The number of benzene rings is 2. The summed E-state index contributed by atoms with van der Waals surface area (Å²) in [4.78, 5) is 1.34. The fraction of sp³-hybridized carbons (Fsp3) is 0.526. The topological polar surface area (TPSA) is 0 Å². The van der Waals surface area contributed by atoms with Gasteiger partial charge in [0.25, 0.3) is 0 Å². The number of allylic oxidation sites excluding steroid dienone is 6. The first-order valence-electron chi connectivity index (χ1n) is 14.6. The van der Waals surface area contributed by atoms with Crippen molar-refractivity contribution in [1.29, 1.82) is 0 Å². The third-order valence-electron chi connectivity index (χ3n) is 8.81. The maximum atomic E-state index is 3.80. The first kappa shape index (κ1) is 33.2. The van der Waals surface area contributed by atoms with Gasteiger partial charge in [-0.05, 0) is 104 Å². The van der Waals surface area contributed by atoms with Crippen molar-refractivity contribution in [2.45, 2.75) is 108 Å². The van der Waals surface area contributed by atoms with Crippen molar-refractivity contribution in [3.05, 3.63) is 81.8 Å². The van der Waals surface area contributed by atoms with Crippen molar-refractivity contribution in [2.24, 2.45) is 16.2 Å². The number of hydrogen-bond donors (Lipinski definition) is 0. The van der Waals surface area contributed by atoms with Crippen molar-refractivity contribution in [3.63, 3.8) is 0 Å². The molecule has 1 aliphatic rings. The van der Waals surface area contributed by atoms with Gasteiger partial charge in [-0.15, -0.1) is 18.3 Å². The molecular formula is C38H56S. The SMILES string of the molecule is C=CC(C)(C)C(C)(C)C.CS/C(C)=C/C=C(\C)c1c2c(cc3ccc(C(C)(C)C)cc13)CCC(C(C)(C)C)=C2. The molecule has 0 spiro atoms. The molecule has 39 heavy (non-hydrogen) atoms. The Kier molecular flexibility index (Phi) is 10.4. The van der Waals surface area contributed by atoms with Gasteiger partial charge in [0.2, 0.25) is 0 Å². The Balaban J connectivity index is 0.000000510. The normalized spacial score (nSPS) is 15.4. The van der Waals surface area contributed by atoms with Gasteiger partial charge in [0.15, 0.2) is 0 Å². The molecule has 0 amide bonds. The lowest BCUT2D eigenvalue weighted by atomic mass is 9.70. The Bertz CT molecular complexity index is 1270. The van der Waals surface area contributed by atoms with E-state index >= 15 is 0 Å². The van der Waals surface area contributed by atoms with Crippen LogP contribution >= 0.6 is 11.8 Å². The maximum absolute atomic E-state index is 3.80. The minimum Gasteiger partial charge on any atom is -0.134 e. The second kappa shape index (κ2) is 12.3.